The number of benzene rings is 3. The molecule has 0 saturated carbocycles. The average Bonchev–Trinajstić information content (AvgIpc) is 2.68. The predicted octanol–water partition coefficient (Wildman–Crippen LogP) is 9.58. The highest BCUT2D eigenvalue weighted by molar-refractivity contribution is 5.76. The van der Waals surface area contributed by atoms with E-state index < -0.39 is 0 Å². The standard InChI is InChI=1S/C22H22.2C2H6.2CH4/c1-15-5-9-19(10-6-15)21-13-18(4)22(14-17(21)3)20-11-7-16(2)8-12-20;2*1-2;;/h5-14H,1-4H3;2*1-2H3;2*1H4. The highest BCUT2D eigenvalue weighted by Crippen LogP contribution is 2.32. The summed E-state index contributed by atoms with van der Waals surface area (Å²) in [6.45, 7) is 16.7. The summed E-state index contributed by atoms with van der Waals surface area (Å²) in [6, 6.07) is 22.2. The molecule has 0 amide bonds. The van der Waals surface area contributed by atoms with E-state index in [1.165, 1.54) is 44.5 Å². The minimum atomic E-state index is 0. The van der Waals surface area contributed by atoms with Crippen molar-refractivity contribution in [2.75, 3.05) is 0 Å². The zero-order chi connectivity index (χ0) is 19.7. The quantitative estimate of drug-likeness (QED) is 0.416. The van der Waals surface area contributed by atoms with Crippen molar-refractivity contribution in [3.8, 4) is 22.3 Å². The van der Waals surface area contributed by atoms with Crippen LogP contribution in [0.1, 0.15) is 64.8 Å². The Morgan fingerprint density at radius 1 is 0.429 bits per heavy atom. The van der Waals surface area contributed by atoms with Crippen LogP contribution in [0.25, 0.3) is 22.3 Å². The molecule has 3 rings (SSSR count). The van der Waals surface area contributed by atoms with Gasteiger partial charge in [0.15, 0.2) is 0 Å². The lowest BCUT2D eigenvalue weighted by molar-refractivity contribution is 1.37. The van der Waals surface area contributed by atoms with Crippen LogP contribution in [0.3, 0.4) is 0 Å². The maximum Gasteiger partial charge on any atom is -0.0152 e. The summed E-state index contributed by atoms with van der Waals surface area (Å²) in [5.74, 6) is 0. The molecule has 0 N–H and O–H groups in total. The van der Waals surface area contributed by atoms with Crippen molar-refractivity contribution < 1.29 is 0 Å². The highest BCUT2D eigenvalue weighted by Gasteiger charge is 2.08. The predicted molar refractivity (Wildman–Crippen MR) is 132 cm³/mol. The van der Waals surface area contributed by atoms with Crippen molar-refractivity contribution in [2.45, 2.75) is 70.2 Å². The summed E-state index contributed by atoms with van der Waals surface area (Å²) in [5, 5.41) is 0. The van der Waals surface area contributed by atoms with Crippen molar-refractivity contribution in [1.29, 1.82) is 0 Å². The van der Waals surface area contributed by atoms with Gasteiger partial charge in [-0.1, -0.05) is 114 Å². The van der Waals surface area contributed by atoms with E-state index >= 15 is 0 Å². The molecule has 0 aromatic heterocycles. The zero-order valence-electron chi connectivity index (χ0n) is 17.8. The maximum atomic E-state index is 2.31. The molecule has 0 saturated heterocycles. The van der Waals surface area contributed by atoms with Gasteiger partial charge in [0.05, 0.1) is 0 Å². The normalized spacial score (nSPS) is 8.86. The second-order valence-electron chi connectivity index (χ2n) is 6.21. The molecule has 0 bridgehead atoms. The molecule has 28 heavy (non-hydrogen) atoms. The fourth-order valence-corrected chi connectivity index (χ4v) is 2.90. The van der Waals surface area contributed by atoms with E-state index in [2.05, 4.69) is 88.4 Å². The van der Waals surface area contributed by atoms with Gasteiger partial charge in [0.2, 0.25) is 0 Å². The average molecular weight is 379 g/mol. The molecule has 0 unspecified atom stereocenters. The Kier molecular flexibility index (Phi) is 13.7. The summed E-state index contributed by atoms with van der Waals surface area (Å²) in [7, 11) is 0. The van der Waals surface area contributed by atoms with E-state index in [0.29, 0.717) is 0 Å². The summed E-state index contributed by atoms with van der Waals surface area (Å²) in [5.41, 5.74) is 10.5. The van der Waals surface area contributed by atoms with Crippen molar-refractivity contribution in [3.05, 3.63) is 82.9 Å². The Hall–Kier alpha value is -2.34. The molecular formula is C28H42. The largest absolute Gasteiger partial charge is 0.0776 e. The van der Waals surface area contributed by atoms with Crippen LogP contribution in [-0.4, -0.2) is 0 Å². The van der Waals surface area contributed by atoms with Crippen LogP contribution in [0.15, 0.2) is 60.7 Å². The number of rotatable bonds is 2. The van der Waals surface area contributed by atoms with Gasteiger partial charge < -0.3 is 0 Å². The summed E-state index contributed by atoms with van der Waals surface area (Å²) in [6.07, 6.45) is 0. The first-order chi connectivity index (χ1) is 12.5. The first kappa shape index (κ1) is 27.9. The van der Waals surface area contributed by atoms with Crippen LogP contribution in [-0.2, 0) is 0 Å². The molecular weight excluding hydrogens is 336 g/mol. The van der Waals surface area contributed by atoms with Crippen LogP contribution in [0, 0.1) is 27.7 Å². The molecule has 0 aliphatic carbocycles. The van der Waals surface area contributed by atoms with E-state index in [9.17, 15) is 0 Å². The van der Waals surface area contributed by atoms with Crippen LogP contribution >= 0.6 is 0 Å². The monoisotopic (exact) mass is 378 g/mol. The minimum Gasteiger partial charge on any atom is -0.0776 e. The zero-order valence-corrected chi connectivity index (χ0v) is 17.8. The Morgan fingerprint density at radius 3 is 0.929 bits per heavy atom. The first-order valence-corrected chi connectivity index (χ1v) is 9.80. The van der Waals surface area contributed by atoms with Gasteiger partial charge in [0.1, 0.15) is 0 Å². The van der Waals surface area contributed by atoms with Crippen LogP contribution in [0.4, 0.5) is 0 Å². The van der Waals surface area contributed by atoms with Gasteiger partial charge in [-0.05, 0) is 61.1 Å². The Labute approximate surface area is 175 Å². The van der Waals surface area contributed by atoms with Gasteiger partial charge in [-0.25, -0.2) is 0 Å². The van der Waals surface area contributed by atoms with E-state index in [0.717, 1.165) is 0 Å². The first-order valence-electron chi connectivity index (χ1n) is 9.80. The molecule has 0 aliphatic heterocycles. The molecule has 0 aliphatic rings. The summed E-state index contributed by atoms with van der Waals surface area (Å²) >= 11 is 0. The Bertz CT molecular complexity index is 719. The fourth-order valence-electron chi connectivity index (χ4n) is 2.90. The third kappa shape index (κ3) is 7.00. The topological polar surface area (TPSA) is 0 Å². The Balaban J connectivity index is 0. The molecule has 0 nitrogen and oxygen atoms in total. The highest BCUT2D eigenvalue weighted by atomic mass is 14.1. The number of hydrogen-bond donors (Lipinski definition) is 0. The number of hydrogen-bond acceptors (Lipinski definition) is 0. The van der Waals surface area contributed by atoms with Crippen molar-refractivity contribution in [3.63, 3.8) is 0 Å². The molecule has 3 aromatic carbocycles. The second-order valence-corrected chi connectivity index (χ2v) is 6.21. The van der Waals surface area contributed by atoms with Gasteiger partial charge in [-0.3, -0.25) is 0 Å². The number of aryl methyl sites for hydroxylation is 4. The fraction of sp³-hybridized carbons (Fsp3) is 0.357. The van der Waals surface area contributed by atoms with Gasteiger partial charge in [0, 0.05) is 0 Å². The lowest BCUT2D eigenvalue weighted by Crippen LogP contribution is -1.90. The molecule has 0 atom stereocenters. The van der Waals surface area contributed by atoms with Gasteiger partial charge in [-0.2, -0.15) is 0 Å². The van der Waals surface area contributed by atoms with Crippen LogP contribution in [0.5, 0.6) is 0 Å². The lowest BCUT2D eigenvalue weighted by atomic mass is 9.91. The van der Waals surface area contributed by atoms with E-state index in [1.807, 2.05) is 27.7 Å². The minimum absolute atomic E-state index is 0. The lowest BCUT2D eigenvalue weighted by Gasteiger charge is -2.13. The van der Waals surface area contributed by atoms with Gasteiger partial charge in [-0.15, -0.1) is 0 Å². The molecule has 0 spiro atoms. The van der Waals surface area contributed by atoms with E-state index in [4.69, 9.17) is 0 Å². The van der Waals surface area contributed by atoms with Gasteiger partial charge in [0.25, 0.3) is 0 Å². The summed E-state index contributed by atoms with van der Waals surface area (Å²) < 4.78 is 0. The SMILES string of the molecule is C.C.CC.CC.Cc1ccc(-c2cc(C)c(-c3ccc(C)cc3)cc2C)cc1. The van der Waals surface area contributed by atoms with Crippen molar-refractivity contribution in [1.82, 2.24) is 0 Å². The second kappa shape index (κ2) is 13.8. The van der Waals surface area contributed by atoms with Crippen molar-refractivity contribution in [2.24, 2.45) is 0 Å². The van der Waals surface area contributed by atoms with Crippen molar-refractivity contribution >= 4 is 0 Å². The molecule has 0 radical (unpaired) electrons. The molecule has 0 heterocycles. The maximum absolute atomic E-state index is 2.31. The van der Waals surface area contributed by atoms with E-state index in [1.54, 1.807) is 0 Å². The molecule has 3 aromatic rings. The molecule has 154 valence electrons. The third-order valence-electron chi connectivity index (χ3n) is 4.30. The molecule has 0 heteroatoms. The molecule has 0 fully saturated rings. The smallest absolute Gasteiger partial charge is 0.0152 e. The summed E-state index contributed by atoms with van der Waals surface area (Å²) in [4.78, 5) is 0. The van der Waals surface area contributed by atoms with Gasteiger partial charge >= 0.3 is 0 Å². The van der Waals surface area contributed by atoms with E-state index in [-0.39, 0.29) is 14.9 Å². The van der Waals surface area contributed by atoms with Crippen LogP contribution in [0.2, 0.25) is 0 Å². The third-order valence-corrected chi connectivity index (χ3v) is 4.30. The van der Waals surface area contributed by atoms with Crippen LogP contribution < -0.4 is 0 Å². The Morgan fingerprint density at radius 2 is 0.679 bits per heavy atom.